The van der Waals surface area contributed by atoms with Crippen LogP contribution in [0.4, 0.5) is 4.79 Å². The SMILES string of the molecule is CC(C)(C)OC(=O)N[C@@H](Cc1c[nH]c2ccccc12)c1nc(C(=O)NCC(=O)O)co1. The smallest absolute Gasteiger partial charge is 0.408 e. The summed E-state index contributed by atoms with van der Waals surface area (Å²) >= 11 is 0. The van der Waals surface area contributed by atoms with Crippen molar-refractivity contribution < 1.29 is 28.6 Å². The van der Waals surface area contributed by atoms with Gasteiger partial charge < -0.3 is 29.9 Å². The molecule has 0 aliphatic rings. The number of carbonyl (C=O) groups is 3. The highest BCUT2D eigenvalue weighted by Gasteiger charge is 2.26. The Kier molecular flexibility index (Phi) is 6.28. The first-order valence-corrected chi connectivity index (χ1v) is 9.62. The number of amides is 2. The van der Waals surface area contributed by atoms with Crippen molar-refractivity contribution in [3.05, 3.63) is 53.9 Å². The molecule has 2 amide bonds. The predicted molar refractivity (Wildman–Crippen MR) is 111 cm³/mol. The fraction of sp³-hybridized carbons (Fsp3) is 0.333. The van der Waals surface area contributed by atoms with Gasteiger partial charge in [-0.25, -0.2) is 9.78 Å². The maximum Gasteiger partial charge on any atom is 0.408 e. The molecular weight excluding hydrogens is 404 g/mol. The fourth-order valence-corrected chi connectivity index (χ4v) is 2.97. The molecule has 3 rings (SSSR count). The number of alkyl carbamates (subject to hydrolysis) is 1. The molecule has 4 N–H and O–H groups in total. The van der Waals surface area contributed by atoms with Crippen LogP contribution >= 0.6 is 0 Å². The lowest BCUT2D eigenvalue weighted by Gasteiger charge is -2.22. The first kappa shape index (κ1) is 21.9. The number of para-hydroxylation sites is 1. The second-order valence-electron chi connectivity index (χ2n) is 7.91. The summed E-state index contributed by atoms with van der Waals surface area (Å²) in [6.07, 6.45) is 2.61. The number of oxazole rings is 1. The molecule has 0 spiro atoms. The quantitative estimate of drug-likeness (QED) is 0.452. The third kappa shape index (κ3) is 5.84. The van der Waals surface area contributed by atoms with Gasteiger partial charge in [-0.15, -0.1) is 0 Å². The first-order valence-electron chi connectivity index (χ1n) is 9.62. The molecule has 2 heterocycles. The monoisotopic (exact) mass is 428 g/mol. The minimum atomic E-state index is -1.18. The maximum absolute atomic E-state index is 12.4. The van der Waals surface area contributed by atoms with E-state index in [1.807, 2.05) is 30.5 Å². The van der Waals surface area contributed by atoms with Crippen molar-refractivity contribution in [2.45, 2.75) is 38.8 Å². The summed E-state index contributed by atoms with van der Waals surface area (Å²) in [6, 6.07) is 6.98. The molecule has 2 aromatic heterocycles. The van der Waals surface area contributed by atoms with E-state index in [2.05, 4.69) is 20.6 Å². The highest BCUT2D eigenvalue weighted by Crippen LogP contribution is 2.25. The number of benzene rings is 1. The molecule has 3 aromatic rings. The van der Waals surface area contributed by atoms with Crippen molar-refractivity contribution in [2.24, 2.45) is 0 Å². The van der Waals surface area contributed by atoms with Crippen molar-refractivity contribution in [3.8, 4) is 0 Å². The van der Waals surface area contributed by atoms with E-state index in [9.17, 15) is 14.4 Å². The van der Waals surface area contributed by atoms with Crippen LogP contribution in [0, 0.1) is 0 Å². The van der Waals surface area contributed by atoms with E-state index >= 15 is 0 Å². The molecule has 10 nitrogen and oxygen atoms in total. The van der Waals surface area contributed by atoms with E-state index in [4.69, 9.17) is 14.3 Å². The maximum atomic E-state index is 12.4. The second-order valence-corrected chi connectivity index (χ2v) is 7.91. The topological polar surface area (TPSA) is 147 Å². The lowest BCUT2D eigenvalue weighted by molar-refractivity contribution is -0.135. The van der Waals surface area contributed by atoms with E-state index < -0.39 is 36.2 Å². The van der Waals surface area contributed by atoms with Crippen LogP contribution in [0.15, 0.2) is 41.1 Å². The molecule has 0 radical (unpaired) electrons. The van der Waals surface area contributed by atoms with E-state index in [-0.39, 0.29) is 11.6 Å². The van der Waals surface area contributed by atoms with Crippen molar-refractivity contribution in [2.75, 3.05) is 6.54 Å². The molecule has 164 valence electrons. The molecule has 0 aliphatic heterocycles. The first-order chi connectivity index (χ1) is 14.6. The summed E-state index contributed by atoms with van der Waals surface area (Å²) in [5.41, 5.74) is 1.06. The number of aliphatic carboxylic acids is 1. The van der Waals surface area contributed by atoms with Gasteiger partial charge in [-0.2, -0.15) is 0 Å². The van der Waals surface area contributed by atoms with Gasteiger partial charge in [0.2, 0.25) is 5.89 Å². The minimum absolute atomic E-state index is 0.0915. The summed E-state index contributed by atoms with van der Waals surface area (Å²) in [5.74, 6) is -1.78. The van der Waals surface area contributed by atoms with Crippen LogP contribution in [0.5, 0.6) is 0 Å². The molecular formula is C21H24N4O6. The molecule has 0 saturated carbocycles. The third-order valence-electron chi connectivity index (χ3n) is 4.24. The van der Waals surface area contributed by atoms with Crippen molar-refractivity contribution in [1.29, 1.82) is 0 Å². The van der Waals surface area contributed by atoms with Gasteiger partial charge in [-0.1, -0.05) is 18.2 Å². The van der Waals surface area contributed by atoms with Gasteiger partial charge in [-0.3, -0.25) is 9.59 Å². The van der Waals surface area contributed by atoms with E-state index in [1.165, 1.54) is 0 Å². The number of hydrogen-bond donors (Lipinski definition) is 4. The molecule has 0 bridgehead atoms. The largest absolute Gasteiger partial charge is 0.480 e. The Labute approximate surface area is 178 Å². The Morgan fingerprint density at radius 1 is 1.26 bits per heavy atom. The van der Waals surface area contributed by atoms with Crippen LogP contribution in [-0.2, 0) is 16.0 Å². The Morgan fingerprint density at radius 2 is 2.00 bits per heavy atom. The van der Waals surface area contributed by atoms with Crippen molar-refractivity contribution in [3.63, 3.8) is 0 Å². The number of carboxylic acid groups (broad SMARTS) is 1. The average molecular weight is 428 g/mol. The number of nitrogens with zero attached hydrogens (tertiary/aromatic N) is 1. The number of rotatable bonds is 7. The van der Waals surface area contributed by atoms with Crippen LogP contribution in [0.2, 0.25) is 0 Å². The lowest BCUT2D eigenvalue weighted by Crippen LogP contribution is -2.36. The van der Waals surface area contributed by atoms with E-state index in [0.29, 0.717) is 6.42 Å². The number of H-pyrrole nitrogens is 1. The predicted octanol–water partition coefficient (Wildman–Crippen LogP) is 2.78. The zero-order valence-electron chi connectivity index (χ0n) is 17.4. The molecule has 0 unspecified atom stereocenters. The van der Waals surface area contributed by atoms with Crippen LogP contribution < -0.4 is 10.6 Å². The Morgan fingerprint density at radius 3 is 2.71 bits per heavy atom. The van der Waals surface area contributed by atoms with Gasteiger partial charge in [0.15, 0.2) is 5.69 Å². The fourth-order valence-electron chi connectivity index (χ4n) is 2.97. The molecule has 31 heavy (non-hydrogen) atoms. The summed E-state index contributed by atoms with van der Waals surface area (Å²) in [4.78, 5) is 42.4. The third-order valence-corrected chi connectivity index (χ3v) is 4.24. The zero-order chi connectivity index (χ0) is 22.6. The lowest BCUT2D eigenvalue weighted by atomic mass is 10.0. The van der Waals surface area contributed by atoms with Gasteiger partial charge in [0.05, 0.1) is 0 Å². The van der Waals surface area contributed by atoms with Gasteiger partial charge in [0, 0.05) is 23.5 Å². The standard InChI is InChI=1S/C21H24N4O6/c1-21(2,3)31-20(29)25-15(8-12-9-22-14-7-5-4-6-13(12)14)19-24-16(11-30-19)18(28)23-10-17(26)27/h4-7,9,11,15,22H,8,10H2,1-3H3,(H,23,28)(H,25,29)(H,26,27)/t15-/m0/s1. The molecule has 0 saturated heterocycles. The molecule has 1 aromatic carbocycles. The number of fused-ring (bicyclic) bond motifs is 1. The Balaban J connectivity index is 1.84. The van der Waals surface area contributed by atoms with Crippen LogP contribution in [0.25, 0.3) is 10.9 Å². The summed E-state index contributed by atoms with van der Waals surface area (Å²) in [7, 11) is 0. The van der Waals surface area contributed by atoms with Crippen LogP contribution in [-0.4, -0.2) is 45.2 Å². The van der Waals surface area contributed by atoms with Crippen LogP contribution in [0.3, 0.4) is 0 Å². The molecule has 0 fully saturated rings. The second kappa shape index (κ2) is 8.90. The average Bonchev–Trinajstić information content (AvgIpc) is 3.32. The zero-order valence-corrected chi connectivity index (χ0v) is 17.4. The van der Waals surface area contributed by atoms with Crippen molar-refractivity contribution >= 4 is 28.9 Å². The Hall–Kier alpha value is -3.82. The van der Waals surface area contributed by atoms with Crippen LogP contribution in [0.1, 0.15) is 48.8 Å². The highest BCUT2D eigenvalue weighted by molar-refractivity contribution is 5.93. The van der Waals surface area contributed by atoms with E-state index in [1.54, 1.807) is 20.8 Å². The number of carboxylic acids is 1. The summed E-state index contributed by atoms with van der Waals surface area (Å²) < 4.78 is 10.8. The molecule has 10 heteroatoms. The summed E-state index contributed by atoms with van der Waals surface area (Å²) in [5, 5.41) is 14.6. The number of nitrogens with one attached hydrogen (secondary N) is 3. The van der Waals surface area contributed by atoms with Gasteiger partial charge >= 0.3 is 12.1 Å². The normalized spacial score (nSPS) is 12.4. The Bertz CT molecular complexity index is 1090. The summed E-state index contributed by atoms with van der Waals surface area (Å²) in [6.45, 7) is 4.70. The van der Waals surface area contributed by atoms with Gasteiger partial charge in [0.1, 0.15) is 24.5 Å². The van der Waals surface area contributed by atoms with Crippen molar-refractivity contribution in [1.82, 2.24) is 20.6 Å². The van der Waals surface area contributed by atoms with Gasteiger partial charge in [-0.05, 0) is 32.4 Å². The molecule has 0 aliphatic carbocycles. The number of aromatic amines is 1. The number of aromatic nitrogens is 2. The highest BCUT2D eigenvalue weighted by atomic mass is 16.6. The van der Waals surface area contributed by atoms with E-state index in [0.717, 1.165) is 22.7 Å². The minimum Gasteiger partial charge on any atom is -0.480 e. The van der Waals surface area contributed by atoms with Gasteiger partial charge in [0.25, 0.3) is 5.91 Å². The molecule has 1 atom stereocenters. The number of ether oxygens (including phenoxy) is 1. The number of hydrogen-bond acceptors (Lipinski definition) is 6. The number of carbonyl (C=O) groups excluding carboxylic acids is 2.